The molecule has 0 fully saturated rings. The van der Waals surface area contributed by atoms with Crippen LogP contribution >= 0.6 is 0 Å². The number of carbonyl (C=O) groups is 1. The molecule has 0 saturated carbocycles. The number of benzene rings is 1. The van der Waals surface area contributed by atoms with E-state index in [0.717, 1.165) is 17.0 Å². The Morgan fingerprint density at radius 1 is 1.23 bits per heavy atom. The van der Waals surface area contributed by atoms with Crippen molar-refractivity contribution in [3.8, 4) is 11.3 Å². The molecule has 0 bridgehead atoms. The third kappa shape index (κ3) is 4.05. The summed E-state index contributed by atoms with van der Waals surface area (Å²) in [6.45, 7) is 3.89. The summed E-state index contributed by atoms with van der Waals surface area (Å²) in [7, 11) is 1.61. The molecule has 7 heteroatoms. The van der Waals surface area contributed by atoms with Crippen LogP contribution in [0.15, 0.2) is 47.3 Å². The molecule has 2 N–H and O–H groups in total. The summed E-state index contributed by atoms with van der Waals surface area (Å²) >= 11 is 0. The van der Waals surface area contributed by atoms with Crippen molar-refractivity contribution in [1.29, 1.82) is 0 Å². The Morgan fingerprint density at radius 2 is 1.96 bits per heavy atom. The highest BCUT2D eigenvalue weighted by atomic mass is 16.1. The van der Waals surface area contributed by atoms with Gasteiger partial charge in [-0.05, 0) is 38.1 Å². The number of rotatable bonds is 5. The third-order valence-corrected chi connectivity index (χ3v) is 4.06. The van der Waals surface area contributed by atoms with Crippen molar-refractivity contribution in [2.24, 2.45) is 7.05 Å². The number of nitrogens with zero attached hydrogens (tertiary/aromatic N) is 3. The maximum absolute atomic E-state index is 12.4. The second kappa shape index (κ2) is 7.35. The minimum absolute atomic E-state index is 0.0322. The van der Waals surface area contributed by atoms with E-state index in [0.29, 0.717) is 17.7 Å². The monoisotopic (exact) mass is 351 g/mol. The Hall–Kier alpha value is -3.22. The molecule has 1 amide bonds. The fourth-order valence-electron chi connectivity index (χ4n) is 2.70. The number of aromatic amines is 1. The molecule has 0 aliphatic heterocycles. The van der Waals surface area contributed by atoms with Crippen molar-refractivity contribution in [3.05, 3.63) is 69.8 Å². The Labute approximate surface area is 151 Å². The molecule has 0 aliphatic carbocycles. The highest BCUT2D eigenvalue weighted by molar-refractivity contribution is 5.94. The summed E-state index contributed by atoms with van der Waals surface area (Å²) in [6.07, 6.45) is 0.663. The predicted octanol–water partition coefficient (Wildman–Crippen LogP) is 1.84. The zero-order chi connectivity index (χ0) is 18.7. The average molecular weight is 351 g/mol. The minimum atomic E-state index is -0.161. The number of aromatic nitrogens is 4. The Morgan fingerprint density at radius 3 is 2.58 bits per heavy atom. The van der Waals surface area contributed by atoms with Crippen LogP contribution in [-0.4, -0.2) is 31.9 Å². The summed E-state index contributed by atoms with van der Waals surface area (Å²) in [6, 6.07) is 12.2. The number of hydrogen-bond acceptors (Lipinski definition) is 4. The van der Waals surface area contributed by atoms with Crippen molar-refractivity contribution in [1.82, 2.24) is 25.3 Å². The first-order chi connectivity index (χ1) is 12.4. The van der Waals surface area contributed by atoms with Gasteiger partial charge in [0, 0.05) is 42.4 Å². The lowest BCUT2D eigenvalue weighted by Gasteiger charge is -2.13. The van der Waals surface area contributed by atoms with Crippen molar-refractivity contribution >= 4 is 5.91 Å². The van der Waals surface area contributed by atoms with Crippen molar-refractivity contribution < 1.29 is 4.79 Å². The topological polar surface area (TPSA) is 92.7 Å². The molecule has 3 aromatic rings. The molecule has 0 aliphatic rings. The number of hydrogen-bond donors (Lipinski definition) is 2. The lowest BCUT2D eigenvalue weighted by atomic mass is 10.1. The first-order valence-electron chi connectivity index (χ1n) is 8.39. The smallest absolute Gasteiger partial charge is 0.266 e. The predicted molar refractivity (Wildman–Crippen MR) is 98.9 cm³/mol. The van der Waals surface area contributed by atoms with E-state index in [-0.39, 0.29) is 17.5 Å². The molecular weight excluding hydrogens is 330 g/mol. The second-order valence-corrected chi connectivity index (χ2v) is 6.38. The molecule has 26 heavy (non-hydrogen) atoms. The van der Waals surface area contributed by atoms with Crippen LogP contribution in [0.2, 0.25) is 0 Å². The molecule has 7 nitrogen and oxygen atoms in total. The molecule has 3 rings (SSSR count). The standard InChI is InChI=1S/C19H21N5O2/c1-12(10-16-11-13(2)21-22-16)20-19(26)15-6-4-14(5-7-15)17-8-9-18(25)24(3)23-17/h4-9,11-12H,10H2,1-3H3,(H,20,26)(H,21,22)/t12-/m0/s1. The molecule has 0 spiro atoms. The van der Waals surface area contributed by atoms with Gasteiger partial charge in [0.1, 0.15) is 0 Å². The van der Waals surface area contributed by atoms with Crippen molar-refractivity contribution in [2.75, 3.05) is 0 Å². The summed E-state index contributed by atoms with van der Waals surface area (Å²) in [5, 5.41) is 14.3. The fraction of sp³-hybridized carbons (Fsp3) is 0.263. The van der Waals surface area contributed by atoms with Gasteiger partial charge >= 0.3 is 0 Å². The zero-order valence-electron chi connectivity index (χ0n) is 15.0. The molecule has 0 radical (unpaired) electrons. The molecule has 0 saturated heterocycles. The van der Waals surface area contributed by atoms with E-state index in [1.54, 1.807) is 25.2 Å². The average Bonchev–Trinajstić information content (AvgIpc) is 3.02. The summed E-state index contributed by atoms with van der Waals surface area (Å²) in [5.74, 6) is -0.135. The third-order valence-electron chi connectivity index (χ3n) is 4.06. The minimum Gasteiger partial charge on any atom is -0.349 e. The van der Waals surface area contributed by atoms with Gasteiger partial charge in [0.05, 0.1) is 11.4 Å². The van der Waals surface area contributed by atoms with Crippen LogP contribution in [0.5, 0.6) is 0 Å². The van der Waals surface area contributed by atoms with Gasteiger partial charge in [-0.25, -0.2) is 4.68 Å². The van der Waals surface area contributed by atoms with E-state index in [1.165, 1.54) is 10.7 Å². The first kappa shape index (κ1) is 17.6. The van der Waals surface area contributed by atoms with Crippen LogP contribution in [0.4, 0.5) is 0 Å². The maximum Gasteiger partial charge on any atom is 0.266 e. The Bertz CT molecular complexity index is 972. The Kier molecular flexibility index (Phi) is 4.97. The largest absolute Gasteiger partial charge is 0.349 e. The molecule has 2 aromatic heterocycles. The fourth-order valence-corrected chi connectivity index (χ4v) is 2.70. The van der Waals surface area contributed by atoms with Gasteiger partial charge in [0.15, 0.2) is 0 Å². The summed E-state index contributed by atoms with van der Waals surface area (Å²) in [4.78, 5) is 23.8. The summed E-state index contributed by atoms with van der Waals surface area (Å²) in [5.41, 5.74) is 3.86. The van der Waals surface area contributed by atoms with Crippen LogP contribution in [-0.2, 0) is 13.5 Å². The van der Waals surface area contributed by atoms with Crippen LogP contribution in [0.3, 0.4) is 0 Å². The SMILES string of the molecule is Cc1cc(C[C@H](C)NC(=O)c2ccc(-c3ccc(=O)n(C)n3)cc2)n[nH]1. The Balaban J connectivity index is 1.66. The van der Waals surface area contributed by atoms with E-state index >= 15 is 0 Å². The second-order valence-electron chi connectivity index (χ2n) is 6.38. The molecular formula is C19H21N5O2. The molecule has 134 valence electrons. The molecule has 1 atom stereocenters. The highest BCUT2D eigenvalue weighted by Crippen LogP contribution is 2.16. The number of aryl methyl sites for hydroxylation is 2. The zero-order valence-corrected chi connectivity index (χ0v) is 15.0. The van der Waals surface area contributed by atoms with Gasteiger partial charge < -0.3 is 5.32 Å². The van der Waals surface area contributed by atoms with Crippen molar-refractivity contribution in [2.45, 2.75) is 26.3 Å². The van der Waals surface area contributed by atoms with Gasteiger partial charge in [-0.2, -0.15) is 10.2 Å². The van der Waals surface area contributed by atoms with Crippen LogP contribution in [0.1, 0.15) is 28.7 Å². The number of amides is 1. The lowest BCUT2D eigenvalue weighted by molar-refractivity contribution is 0.0940. The maximum atomic E-state index is 12.4. The quantitative estimate of drug-likeness (QED) is 0.733. The van der Waals surface area contributed by atoms with E-state index in [2.05, 4.69) is 20.6 Å². The van der Waals surface area contributed by atoms with Crippen LogP contribution < -0.4 is 10.9 Å². The van der Waals surface area contributed by atoms with E-state index < -0.39 is 0 Å². The normalized spacial score (nSPS) is 12.0. The van der Waals surface area contributed by atoms with Gasteiger partial charge in [-0.1, -0.05) is 12.1 Å². The van der Waals surface area contributed by atoms with Gasteiger partial charge in [-0.3, -0.25) is 14.7 Å². The van der Waals surface area contributed by atoms with Crippen molar-refractivity contribution in [3.63, 3.8) is 0 Å². The number of nitrogens with one attached hydrogen (secondary N) is 2. The molecule has 2 heterocycles. The van der Waals surface area contributed by atoms with E-state index in [4.69, 9.17) is 0 Å². The van der Waals surface area contributed by atoms with Crippen LogP contribution in [0, 0.1) is 6.92 Å². The molecule has 0 unspecified atom stereocenters. The molecule has 1 aromatic carbocycles. The summed E-state index contributed by atoms with van der Waals surface area (Å²) < 4.78 is 1.29. The van der Waals surface area contributed by atoms with Gasteiger partial charge in [-0.15, -0.1) is 0 Å². The van der Waals surface area contributed by atoms with Gasteiger partial charge in [0.2, 0.25) is 0 Å². The van der Waals surface area contributed by atoms with Crippen LogP contribution in [0.25, 0.3) is 11.3 Å². The number of carbonyl (C=O) groups excluding carboxylic acids is 1. The number of H-pyrrole nitrogens is 1. The van der Waals surface area contributed by atoms with E-state index in [1.807, 2.05) is 32.0 Å². The first-order valence-corrected chi connectivity index (χ1v) is 8.39. The van der Waals surface area contributed by atoms with E-state index in [9.17, 15) is 9.59 Å². The van der Waals surface area contributed by atoms with Gasteiger partial charge in [0.25, 0.3) is 11.5 Å². The lowest BCUT2D eigenvalue weighted by Crippen LogP contribution is -2.34. The highest BCUT2D eigenvalue weighted by Gasteiger charge is 2.12.